The van der Waals surface area contributed by atoms with Gasteiger partial charge in [-0.2, -0.15) is 0 Å². The van der Waals surface area contributed by atoms with E-state index in [2.05, 4.69) is 19.0 Å². The molecule has 6 nitrogen and oxygen atoms in total. The highest BCUT2D eigenvalue weighted by Gasteiger charge is 2.63. The van der Waals surface area contributed by atoms with Gasteiger partial charge in [0.05, 0.1) is 24.9 Å². The lowest BCUT2D eigenvalue weighted by molar-refractivity contribution is -0.133. The lowest BCUT2D eigenvalue weighted by atomic mass is 9.73. The Morgan fingerprint density at radius 1 is 1.26 bits per heavy atom. The molecule has 2 bridgehead atoms. The molecule has 3 heterocycles. The number of hydrogen-bond acceptors (Lipinski definition) is 5. The number of benzene rings is 1. The Morgan fingerprint density at radius 3 is 2.63 bits per heavy atom. The van der Waals surface area contributed by atoms with Gasteiger partial charge in [-0.1, -0.05) is 0 Å². The van der Waals surface area contributed by atoms with E-state index in [0.29, 0.717) is 36.8 Å². The first kappa shape index (κ1) is 18.6. The Balaban J connectivity index is 1.34. The Labute approximate surface area is 161 Å². The number of likely N-dealkylation sites (tertiary alicyclic amines) is 1. The molecule has 0 N–H and O–H groups in total. The standard InChI is InChI=1S/C21H30N2O4/c1-4-25-15-5-7-16(8-6-15)26-13-20(24)23-12-18-17(11-22(2)3)19-9-10-21(18,14-23)27-19/h5-8,17-19H,4,9-14H2,1-3H3/t17-,18+,19+,21+/m0/s1. The van der Waals surface area contributed by atoms with Gasteiger partial charge in [0.1, 0.15) is 11.5 Å². The lowest BCUT2D eigenvalue weighted by Gasteiger charge is -2.30. The molecule has 0 aromatic heterocycles. The molecule has 0 aliphatic carbocycles. The third-order valence-corrected chi connectivity index (χ3v) is 6.21. The largest absolute Gasteiger partial charge is 0.494 e. The summed E-state index contributed by atoms with van der Waals surface area (Å²) in [4.78, 5) is 16.9. The minimum atomic E-state index is -0.111. The molecule has 6 heteroatoms. The van der Waals surface area contributed by atoms with Gasteiger partial charge in [0.2, 0.25) is 0 Å². The van der Waals surface area contributed by atoms with E-state index in [4.69, 9.17) is 14.2 Å². The van der Waals surface area contributed by atoms with Crippen molar-refractivity contribution in [2.24, 2.45) is 11.8 Å². The second-order valence-electron chi connectivity index (χ2n) is 8.26. The van der Waals surface area contributed by atoms with Crippen LogP contribution in [0.2, 0.25) is 0 Å². The van der Waals surface area contributed by atoms with Crippen molar-refractivity contribution in [3.63, 3.8) is 0 Å². The zero-order chi connectivity index (χ0) is 19.0. The van der Waals surface area contributed by atoms with Crippen LogP contribution in [-0.4, -0.2) is 74.4 Å². The number of carbonyl (C=O) groups is 1. The number of fused-ring (bicyclic) bond motifs is 1. The summed E-state index contributed by atoms with van der Waals surface area (Å²) in [5.74, 6) is 2.52. The van der Waals surface area contributed by atoms with Crippen LogP contribution in [0.1, 0.15) is 19.8 Å². The first-order chi connectivity index (χ1) is 13.0. The van der Waals surface area contributed by atoms with Crippen molar-refractivity contribution in [1.82, 2.24) is 9.80 Å². The Kier molecular flexibility index (Phi) is 5.03. The van der Waals surface area contributed by atoms with Crippen molar-refractivity contribution in [1.29, 1.82) is 0 Å². The number of amides is 1. The summed E-state index contributed by atoms with van der Waals surface area (Å²) in [5, 5.41) is 0. The Hall–Kier alpha value is -1.79. The molecule has 3 aliphatic heterocycles. The fourth-order valence-electron chi connectivity index (χ4n) is 5.08. The molecule has 3 saturated heterocycles. The summed E-state index contributed by atoms with van der Waals surface area (Å²) < 4.78 is 17.5. The van der Waals surface area contributed by atoms with Crippen LogP contribution in [-0.2, 0) is 9.53 Å². The molecule has 1 aromatic rings. The Bertz CT molecular complexity index is 677. The van der Waals surface area contributed by atoms with Crippen molar-refractivity contribution in [2.45, 2.75) is 31.5 Å². The van der Waals surface area contributed by atoms with Crippen LogP contribution in [0.25, 0.3) is 0 Å². The van der Waals surface area contributed by atoms with E-state index in [9.17, 15) is 4.79 Å². The molecular formula is C21H30N2O4. The molecule has 27 heavy (non-hydrogen) atoms. The molecule has 3 fully saturated rings. The van der Waals surface area contributed by atoms with Gasteiger partial charge < -0.3 is 24.0 Å². The topological polar surface area (TPSA) is 51.2 Å². The highest BCUT2D eigenvalue weighted by atomic mass is 16.5. The maximum atomic E-state index is 12.7. The predicted molar refractivity (Wildman–Crippen MR) is 102 cm³/mol. The summed E-state index contributed by atoms with van der Waals surface area (Å²) in [6.45, 7) is 5.19. The van der Waals surface area contributed by atoms with Gasteiger partial charge in [-0.05, 0) is 58.1 Å². The maximum absolute atomic E-state index is 12.7. The summed E-state index contributed by atoms with van der Waals surface area (Å²) >= 11 is 0. The molecule has 1 spiro atoms. The molecule has 148 valence electrons. The summed E-state index contributed by atoms with van der Waals surface area (Å²) in [5.41, 5.74) is -0.111. The van der Waals surface area contributed by atoms with E-state index >= 15 is 0 Å². The SMILES string of the molecule is CCOc1ccc(OCC(=O)N2C[C@@H]3[C@H](CN(C)C)[C@H]4CC[C@]3(C2)O4)cc1. The van der Waals surface area contributed by atoms with Crippen molar-refractivity contribution in [3.8, 4) is 11.5 Å². The predicted octanol–water partition coefficient (Wildman–Crippen LogP) is 2.03. The second-order valence-corrected chi connectivity index (χ2v) is 8.26. The van der Waals surface area contributed by atoms with Crippen molar-refractivity contribution >= 4 is 5.91 Å². The fourth-order valence-corrected chi connectivity index (χ4v) is 5.08. The monoisotopic (exact) mass is 374 g/mol. The highest BCUT2D eigenvalue weighted by Crippen LogP contribution is 2.54. The van der Waals surface area contributed by atoms with Crippen LogP contribution in [0, 0.1) is 11.8 Å². The first-order valence-corrected chi connectivity index (χ1v) is 9.97. The number of hydrogen-bond donors (Lipinski definition) is 0. The molecule has 1 amide bonds. The van der Waals surface area contributed by atoms with E-state index < -0.39 is 0 Å². The number of rotatable bonds is 7. The fraction of sp³-hybridized carbons (Fsp3) is 0.667. The van der Waals surface area contributed by atoms with Crippen LogP contribution in [0.15, 0.2) is 24.3 Å². The summed E-state index contributed by atoms with van der Waals surface area (Å²) in [6.07, 6.45) is 2.57. The van der Waals surface area contributed by atoms with Gasteiger partial charge >= 0.3 is 0 Å². The summed E-state index contributed by atoms with van der Waals surface area (Å²) in [7, 11) is 4.22. The van der Waals surface area contributed by atoms with Crippen molar-refractivity contribution in [2.75, 3.05) is 46.9 Å². The third-order valence-electron chi connectivity index (χ3n) is 6.21. The molecular weight excluding hydrogens is 344 g/mol. The quantitative estimate of drug-likeness (QED) is 0.731. The smallest absolute Gasteiger partial charge is 0.260 e. The van der Waals surface area contributed by atoms with E-state index in [1.165, 1.54) is 0 Å². The molecule has 0 unspecified atom stereocenters. The van der Waals surface area contributed by atoms with Crippen LogP contribution in [0.4, 0.5) is 0 Å². The normalized spacial score (nSPS) is 31.4. The van der Waals surface area contributed by atoms with Crippen LogP contribution in [0.5, 0.6) is 11.5 Å². The molecule has 0 radical (unpaired) electrons. The van der Waals surface area contributed by atoms with Gasteiger partial charge in [-0.25, -0.2) is 0 Å². The van der Waals surface area contributed by atoms with E-state index in [1.54, 1.807) is 0 Å². The first-order valence-electron chi connectivity index (χ1n) is 9.97. The highest BCUT2D eigenvalue weighted by molar-refractivity contribution is 5.78. The van der Waals surface area contributed by atoms with Gasteiger partial charge in [-0.3, -0.25) is 4.79 Å². The van der Waals surface area contributed by atoms with Crippen LogP contribution >= 0.6 is 0 Å². The number of nitrogens with zero attached hydrogens (tertiary/aromatic N) is 2. The Morgan fingerprint density at radius 2 is 1.96 bits per heavy atom. The average Bonchev–Trinajstić information content (AvgIpc) is 3.30. The zero-order valence-corrected chi connectivity index (χ0v) is 16.5. The van der Waals surface area contributed by atoms with Gasteiger partial charge in [0, 0.05) is 24.9 Å². The molecule has 4 rings (SSSR count). The van der Waals surface area contributed by atoms with E-state index in [-0.39, 0.29) is 18.1 Å². The molecule has 0 saturated carbocycles. The average molecular weight is 374 g/mol. The van der Waals surface area contributed by atoms with Crippen molar-refractivity contribution < 1.29 is 19.0 Å². The minimum Gasteiger partial charge on any atom is -0.494 e. The minimum absolute atomic E-state index is 0.0447. The molecule has 3 aliphatic rings. The van der Waals surface area contributed by atoms with Crippen molar-refractivity contribution in [3.05, 3.63) is 24.3 Å². The zero-order valence-electron chi connectivity index (χ0n) is 16.5. The maximum Gasteiger partial charge on any atom is 0.260 e. The molecule has 1 aromatic carbocycles. The van der Waals surface area contributed by atoms with Gasteiger partial charge in [-0.15, -0.1) is 0 Å². The number of carbonyl (C=O) groups excluding carboxylic acids is 1. The second kappa shape index (κ2) is 7.32. The van der Waals surface area contributed by atoms with Crippen LogP contribution in [0.3, 0.4) is 0 Å². The van der Waals surface area contributed by atoms with Crippen LogP contribution < -0.4 is 9.47 Å². The van der Waals surface area contributed by atoms with E-state index in [1.807, 2.05) is 36.1 Å². The lowest BCUT2D eigenvalue weighted by Crippen LogP contribution is -2.40. The summed E-state index contributed by atoms with van der Waals surface area (Å²) in [6, 6.07) is 7.41. The van der Waals surface area contributed by atoms with Gasteiger partial charge in [0.25, 0.3) is 5.91 Å². The van der Waals surface area contributed by atoms with E-state index in [0.717, 1.165) is 31.7 Å². The molecule has 4 atom stereocenters. The number of ether oxygens (including phenoxy) is 3. The third kappa shape index (κ3) is 3.52. The van der Waals surface area contributed by atoms with Gasteiger partial charge in [0.15, 0.2) is 6.61 Å².